The number of anilines is 1. The molecule has 1 saturated carbocycles. The molecule has 0 amide bonds. The first-order chi connectivity index (χ1) is 8.04. The van der Waals surface area contributed by atoms with Crippen molar-refractivity contribution in [2.75, 3.05) is 11.9 Å². The molecule has 0 spiro atoms. The lowest BCUT2D eigenvalue weighted by molar-refractivity contribution is 0.408. The Morgan fingerprint density at radius 3 is 2.59 bits per heavy atom. The third-order valence-electron chi connectivity index (χ3n) is 3.28. The number of aromatic nitrogens is 2. The number of nitrogens with zero attached hydrogens (tertiary/aromatic N) is 2. The van der Waals surface area contributed by atoms with E-state index < -0.39 is 0 Å². The van der Waals surface area contributed by atoms with E-state index in [-0.39, 0.29) is 5.54 Å². The second-order valence-electron chi connectivity index (χ2n) is 5.64. The standard InChI is InChI=1S/C13H22N4/c1-13(2,14)8-9-15-12-7-6-11(16-17-12)10-4-3-5-10/h6-7,10H,3-5,8-9,14H2,1-2H3,(H,15,17). The molecule has 4 nitrogen and oxygen atoms in total. The van der Waals surface area contributed by atoms with Crippen molar-refractivity contribution < 1.29 is 0 Å². The van der Waals surface area contributed by atoms with E-state index >= 15 is 0 Å². The molecule has 17 heavy (non-hydrogen) atoms. The Labute approximate surface area is 103 Å². The molecule has 0 atom stereocenters. The van der Waals surface area contributed by atoms with Gasteiger partial charge in [-0.15, -0.1) is 5.10 Å². The Kier molecular flexibility index (Phi) is 3.62. The van der Waals surface area contributed by atoms with Crippen molar-refractivity contribution in [3.05, 3.63) is 17.8 Å². The highest BCUT2D eigenvalue weighted by atomic mass is 15.2. The second kappa shape index (κ2) is 5.00. The summed E-state index contributed by atoms with van der Waals surface area (Å²) in [6.45, 7) is 4.89. The lowest BCUT2D eigenvalue weighted by atomic mass is 9.83. The molecule has 1 aromatic heterocycles. The van der Waals surface area contributed by atoms with E-state index in [1.54, 1.807) is 0 Å². The summed E-state index contributed by atoms with van der Waals surface area (Å²) >= 11 is 0. The molecule has 0 radical (unpaired) electrons. The predicted octanol–water partition coefficient (Wildman–Crippen LogP) is 2.28. The maximum atomic E-state index is 5.91. The predicted molar refractivity (Wildman–Crippen MR) is 70.0 cm³/mol. The lowest BCUT2D eigenvalue weighted by Gasteiger charge is -2.24. The Morgan fingerprint density at radius 2 is 2.12 bits per heavy atom. The van der Waals surface area contributed by atoms with Gasteiger partial charge in [0, 0.05) is 18.0 Å². The van der Waals surface area contributed by atoms with Gasteiger partial charge in [-0.1, -0.05) is 6.42 Å². The first-order valence-corrected chi connectivity index (χ1v) is 6.41. The maximum absolute atomic E-state index is 5.91. The molecule has 1 aromatic rings. The van der Waals surface area contributed by atoms with Crippen LogP contribution in [0, 0.1) is 0 Å². The van der Waals surface area contributed by atoms with Crippen molar-refractivity contribution in [3.63, 3.8) is 0 Å². The highest BCUT2D eigenvalue weighted by Gasteiger charge is 2.20. The van der Waals surface area contributed by atoms with Crippen LogP contribution in [0.15, 0.2) is 12.1 Å². The normalized spacial score (nSPS) is 16.6. The molecule has 0 unspecified atom stereocenters. The first-order valence-electron chi connectivity index (χ1n) is 6.41. The van der Waals surface area contributed by atoms with Gasteiger partial charge in [0.2, 0.25) is 0 Å². The summed E-state index contributed by atoms with van der Waals surface area (Å²) in [4.78, 5) is 0. The molecule has 0 saturated heterocycles. The summed E-state index contributed by atoms with van der Waals surface area (Å²) in [6.07, 6.45) is 4.78. The highest BCUT2D eigenvalue weighted by Crippen LogP contribution is 2.34. The van der Waals surface area contributed by atoms with Crippen LogP contribution in [0.2, 0.25) is 0 Å². The maximum Gasteiger partial charge on any atom is 0.148 e. The van der Waals surface area contributed by atoms with E-state index in [2.05, 4.69) is 21.6 Å². The Hall–Kier alpha value is -1.16. The van der Waals surface area contributed by atoms with Gasteiger partial charge in [-0.25, -0.2) is 0 Å². The highest BCUT2D eigenvalue weighted by molar-refractivity contribution is 5.33. The third-order valence-corrected chi connectivity index (χ3v) is 3.28. The largest absolute Gasteiger partial charge is 0.369 e. The van der Waals surface area contributed by atoms with Crippen LogP contribution >= 0.6 is 0 Å². The van der Waals surface area contributed by atoms with E-state index in [1.807, 2.05) is 19.9 Å². The molecule has 1 heterocycles. The van der Waals surface area contributed by atoms with E-state index in [4.69, 9.17) is 5.73 Å². The van der Waals surface area contributed by atoms with Gasteiger partial charge in [0.1, 0.15) is 5.82 Å². The minimum Gasteiger partial charge on any atom is -0.369 e. The summed E-state index contributed by atoms with van der Waals surface area (Å²) in [7, 11) is 0. The van der Waals surface area contributed by atoms with Crippen LogP contribution < -0.4 is 11.1 Å². The van der Waals surface area contributed by atoms with Gasteiger partial charge in [0.05, 0.1) is 5.69 Å². The van der Waals surface area contributed by atoms with Crippen molar-refractivity contribution in [3.8, 4) is 0 Å². The summed E-state index contributed by atoms with van der Waals surface area (Å²) in [6, 6.07) is 4.11. The number of rotatable bonds is 5. The molecule has 1 fully saturated rings. The molecule has 94 valence electrons. The van der Waals surface area contributed by atoms with Crippen LogP contribution in [0.1, 0.15) is 51.1 Å². The minimum absolute atomic E-state index is 0.133. The number of hydrogen-bond acceptors (Lipinski definition) is 4. The molecule has 0 bridgehead atoms. The molecular weight excluding hydrogens is 212 g/mol. The molecule has 0 aromatic carbocycles. The fourth-order valence-corrected chi connectivity index (χ4v) is 1.87. The topological polar surface area (TPSA) is 63.8 Å². The van der Waals surface area contributed by atoms with Gasteiger partial charge >= 0.3 is 0 Å². The first kappa shape index (κ1) is 12.3. The van der Waals surface area contributed by atoms with Crippen LogP contribution in [0.4, 0.5) is 5.82 Å². The van der Waals surface area contributed by atoms with Gasteiger partial charge in [-0.05, 0) is 45.2 Å². The third kappa shape index (κ3) is 3.66. The smallest absolute Gasteiger partial charge is 0.148 e. The fourth-order valence-electron chi connectivity index (χ4n) is 1.87. The van der Waals surface area contributed by atoms with E-state index in [0.717, 1.165) is 24.5 Å². The molecule has 2 rings (SSSR count). The quantitative estimate of drug-likeness (QED) is 0.820. The van der Waals surface area contributed by atoms with Crippen LogP contribution in [0.3, 0.4) is 0 Å². The number of hydrogen-bond donors (Lipinski definition) is 2. The van der Waals surface area contributed by atoms with E-state index in [0.29, 0.717) is 5.92 Å². The molecule has 0 aliphatic heterocycles. The van der Waals surface area contributed by atoms with Crippen molar-refractivity contribution in [1.82, 2.24) is 10.2 Å². The molecule has 3 N–H and O–H groups in total. The van der Waals surface area contributed by atoms with Crippen LogP contribution in [-0.2, 0) is 0 Å². The van der Waals surface area contributed by atoms with Crippen molar-refractivity contribution in [2.24, 2.45) is 5.73 Å². The summed E-state index contributed by atoms with van der Waals surface area (Å²) in [5.41, 5.74) is 6.92. The molecule has 1 aliphatic carbocycles. The zero-order chi connectivity index (χ0) is 12.3. The van der Waals surface area contributed by atoms with Gasteiger partial charge in [-0.3, -0.25) is 0 Å². The van der Waals surface area contributed by atoms with Crippen molar-refractivity contribution in [1.29, 1.82) is 0 Å². The van der Waals surface area contributed by atoms with Crippen LogP contribution in [0.5, 0.6) is 0 Å². The average molecular weight is 234 g/mol. The molecule has 1 aliphatic rings. The van der Waals surface area contributed by atoms with E-state index in [1.165, 1.54) is 19.3 Å². The van der Waals surface area contributed by atoms with Gasteiger partial charge in [0.25, 0.3) is 0 Å². The van der Waals surface area contributed by atoms with E-state index in [9.17, 15) is 0 Å². The SMILES string of the molecule is CC(C)(N)CCNc1ccc(C2CCC2)nn1. The Bertz CT molecular complexity index is 349. The van der Waals surface area contributed by atoms with Gasteiger partial charge in [0.15, 0.2) is 0 Å². The number of nitrogens with one attached hydrogen (secondary N) is 1. The molecule has 4 heteroatoms. The van der Waals surface area contributed by atoms with Gasteiger partial charge in [-0.2, -0.15) is 5.10 Å². The van der Waals surface area contributed by atoms with Crippen LogP contribution in [0.25, 0.3) is 0 Å². The Balaban J connectivity index is 1.81. The Morgan fingerprint density at radius 1 is 1.35 bits per heavy atom. The summed E-state index contributed by atoms with van der Waals surface area (Å²) in [5.74, 6) is 1.50. The summed E-state index contributed by atoms with van der Waals surface area (Å²) in [5, 5.41) is 11.7. The minimum atomic E-state index is -0.133. The fraction of sp³-hybridized carbons (Fsp3) is 0.692. The monoisotopic (exact) mass is 234 g/mol. The van der Waals surface area contributed by atoms with Crippen LogP contribution in [-0.4, -0.2) is 22.3 Å². The molecular formula is C13H22N4. The second-order valence-corrected chi connectivity index (χ2v) is 5.64. The van der Waals surface area contributed by atoms with Crippen molar-refractivity contribution >= 4 is 5.82 Å². The zero-order valence-corrected chi connectivity index (χ0v) is 10.7. The average Bonchev–Trinajstić information content (AvgIpc) is 2.16. The van der Waals surface area contributed by atoms with Gasteiger partial charge < -0.3 is 11.1 Å². The number of nitrogens with two attached hydrogens (primary N) is 1. The zero-order valence-electron chi connectivity index (χ0n) is 10.7. The van der Waals surface area contributed by atoms with Crippen molar-refractivity contribution in [2.45, 2.75) is 51.0 Å². The summed E-state index contributed by atoms with van der Waals surface area (Å²) < 4.78 is 0. The lowest BCUT2D eigenvalue weighted by Crippen LogP contribution is -2.34.